The Morgan fingerprint density at radius 2 is 2.18 bits per heavy atom. The molecule has 0 spiro atoms. The summed E-state index contributed by atoms with van der Waals surface area (Å²) < 4.78 is 9.90. The molecule has 0 bridgehead atoms. The fourth-order valence-corrected chi connectivity index (χ4v) is 2.22. The van der Waals surface area contributed by atoms with Crippen molar-refractivity contribution in [2.45, 2.75) is 13.8 Å². The molecule has 0 fully saturated rings. The van der Waals surface area contributed by atoms with Crippen LogP contribution in [0.15, 0.2) is 28.9 Å². The molecule has 1 aromatic rings. The number of ketones is 1. The van der Waals surface area contributed by atoms with Crippen molar-refractivity contribution >= 4 is 23.5 Å². The lowest BCUT2D eigenvalue weighted by molar-refractivity contribution is -0.147. The Morgan fingerprint density at radius 3 is 2.82 bits per heavy atom. The molecule has 0 aromatic heterocycles. The minimum absolute atomic E-state index is 0.0854. The number of aliphatic imine (C=N–C) groups is 1. The molecule has 1 atom stereocenters. The third-order valence-corrected chi connectivity index (χ3v) is 3.29. The van der Waals surface area contributed by atoms with Gasteiger partial charge in [-0.3, -0.25) is 14.6 Å². The number of aromatic hydroxyl groups is 1. The van der Waals surface area contributed by atoms with Crippen LogP contribution in [0.25, 0.3) is 6.08 Å². The van der Waals surface area contributed by atoms with Crippen molar-refractivity contribution in [1.29, 1.82) is 0 Å². The van der Waals surface area contributed by atoms with Gasteiger partial charge in [0.2, 0.25) is 5.78 Å². The Morgan fingerprint density at radius 1 is 1.45 bits per heavy atom. The van der Waals surface area contributed by atoms with Gasteiger partial charge in [0.25, 0.3) is 0 Å². The highest BCUT2D eigenvalue weighted by Crippen LogP contribution is 2.32. The average molecular weight is 303 g/mol. The lowest BCUT2D eigenvalue weighted by atomic mass is 10.00. The first-order valence-corrected chi connectivity index (χ1v) is 6.83. The monoisotopic (exact) mass is 303 g/mol. The van der Waals surface area contributed by atoms with E-state index in [2.05, 4.69) is 4.99 Å². The van der Waals surface area contributed by atoms with Crippen molar-refractivity contribution < 1.29 is 24.2 Å². The summed E-state index contributed by atoms with van der Waals surface area (Å²) in [7, 11) is 1.44. The standard InChI is InChI=1S/C16H17NO5/c1-4-22-16(20)13-9(2)17-11(15(13)19)8-10-6-5-7-12(21-3)14(10)18/h5-8,13,18H,4H2,1-3H3/b11-8-. The zero-order chi connectivity index (χ0) is 16.3. The van der Waals surface area contributed by atoms with E-state index in [1.807, 2.05) is 0 Å². The number of carbonyl (C=O) groups is 2. The Hall–Kier alpha value is -2.63. The maximum atomic E-state index is 12.3. The maximum absolute atomic E-state index is 12.3. The summed E-state index contributed by atoms with van der Waals surface area (Å²) >= 11 is 0. The molecule has 2 rings (SSSR count). The summed E-state index contributed by atoms with van der Waals surface area (Å²) in [4.78, 5) is 28.2. The largest absolute Gasteiger partial charge is 0.504 e. The van der Waals surface area contributed by atoms with Crippen LogP contribution < -0.4 is 4.74 Å². The van der Waals surface area contributed by atoms with Crippen LogP contribution in [0.4, 0.5) is 0 Å². The van der Waals surface area contributed by atoms with Crippen molar-refractivity contribution in [3.8, 4) is 11.5 Å². The predicted octanol–water partition coefficient (Wildman–Crippen LogP) is 1.96. The zero-order valence-electron chi connectivity index (χ0n) is 12.6. The van der Waals surface area contributed by atoms with Crippen LogP contribution in [0.5, 0.6) is 11.5 Å². The molecule has 1 aliphatic rings. The second-order valence-corrected chi connectivity index (χ2v) is 4.73. The number of rotatable bonds is 4. The molecule has 1 aromatic carbocycles. The van der Waals surface area contributed by atoms with Crippen molar-refractivity contribution in [3.63, 3.8) is 0 Å². The molecule has 0 aliphatic carbocycles. The highest BCUT2D eigenvalue weighted by atomic mass is 16.5. The van der Waals surface area contributed by atoms with Crippen LogP contribution in [0.2, 0.25) is 0 Å². The molecule has 1 unspecified atom stereocenters. The normalized spacial score (nSPS) is 19.2. The Bertz CT molecular complexity index is 675. The molecule has 1 aliphatic heterocycles. The number of para-hydroxylation sites is 1. The molecule has 6 nitrogen and oxygen atoms in total. The summed E-state index contributed by atoms with van der Waals surface area (Å²) in [5.41, 5.74) is 0.889. The minimum Gasteiger partial charge on any atom is -0.504 e. The van der Waals surface area contributed by atoms with Gasteiger partial charge in [0, 0.05) is 11.3 Å². The lowest BCUT2D eigenvalue weighted by Crippen LogP contribution is -2.28. The van der Waals surface area contributed by atoms with Crippen molar-refractivity contribution in [2.24, 2.45) is 10.9 Å². The molecule has 1 N–H and O–H groups in total. The van der Waals surface area contributed by atoms with Gasteiger partial charge in [-0.25, -0.2) is 0 Å². The van der Waals surface area contributed by atoms with E-state index in [4.69, 9.17) is 9.47 Å². The van der Waals surface area contributed by atoms with Crippen LogP contribution in [-0.4, -0.2) is 36.3 Å². The number of esters is 1. The van der Waals surface area contributed by atoms with Gasteiger partial charge in [0.1, 0.15) is 5.70 Å². The fourth-order valence-electron chi connectivity index (χ4n) is 2.22. The lowest BCUT2D eigenvalue weighted by Gasteiger charge is -2.07. The van der Waals surface area contributed by atoms with E-state index in [9.17, 15) is 14.7 Å². The first-order valence-electron chi connectivity index (χ1n) is 6.83. The molecular formula is C16H17NO5. The van der Waals surface area contributed by atoms with Crippen molar-refractivity contribution in [3.05, 3.63) is 29.5 Å². The minimum atomic E-state index is -1.00. The quantitative estimate of drug-likeness (QED) is 0.522. The van der Waals surface area contributed by atoms with Gasteiger partial charge in [-0.15, -0.1) is 0 Å². The smallest absolute Gasteiger partial charge is 0.322 e. The third-order valence-electron chi connectivity index (χ3n) is 3.29. The average Bonchev–Trinajstić information content (AvgIpc) is 2.76. The van der Waals surface area contributed by atoms with E-state index in [0.717, 1.165) is 0 Å². The molecular weight excluding hydrogens is 286 g/mol. The number of Topliss-reactive ketones (excluding diaryl/α,β-unsaturated/α-hetero) is 1. The summed E-state index contributed by atoms with van der Waals surface area (Å²) in [6, 6.07) is 4.91. The van der Waals surface area contributed by atoms with Crippen LogP contribution in [0, 0.1) is 5.92 Å². The fraction of sp³-hybridized carbons (Fsp3) is 0.312. The SMILES string of the molecule is CCOC(=O)C1C(=O)/C(=C/c2cccc(OC)c2O)N=C1C. The Kier molecular flexibility index (Phi) is 4.60. The number of carbonyl (C=O) groups excluding carboxylic acids is 2. The number of ether oxygens (including phenoxy) is 2. The molecule has 22 heavy (non-hydrogen) atoms. The van der Waals surface area contributed by atoms with Gasteiger partial charge in [-0.05, 0) is 26.0 Å². The number of nitrogens with zero attached hydrogens (tertiary/aromatic N) is 1. The van der Waals surface area contributed by atoms with Crippen LogP contribution in [-0.2, 0) is 14.3 Å². The van der Waals surface area contributed by atoms with Gasteiger partial charge in [-0.2, -0.15) is 0 Å². The topological polar surface area (TPSA) is 85.2 Å². The van der Waals surface area contributed by atoms with Gasteiger partial charge in [-0.1, -0.05) is 12.1 Å². The Balaban J connectivity index is 2.35. The molecule has 0 radical (unpaired) electrons. The van der Waals surface area contributed by atoms with E-state index in [1.54, 1.807) is 32.0 Å². The van der Waals surface area contributed by atoms with E-state index in [0.29, 0.717) is 17.0 Å². The zero-order valence-corrected chi connectivity index (χ0v) is 12.6. The first-order chi connectivity index (χ1) is 10.5. The van der Waals surface area contributed by atoms with Crippen molar-refractivity contribution in [2.75, 3.05) is 13.7 Å². The number of hydrogen-bond donors (Lipinski definition) is 1. The first kappa shape index (κ1) is 15.8. The number of phenolic OH excluding ortho intramolecular Hbond substituents is 1. The van der Waals surface area contributed by atoms with E-state index >= 15 is 0 Å². The predicted molar refractivity (Wildman–Crippen MR) is 80.9 cm³/mol. The van der Waals surface area contributed by atoms with Crippen LogP contribution in [0.3, 0.4) is 0 Å². The summed E-state index contributed by atoms with van der Waals surface area (Å²) in [5.74, 6) is -1.83. The van der Waals surface area contributed by atoms with Crippen molar-refractivity contribution in [1.82, 2.24) is 0 Å². The number of hydrogen-bond acceptors (Lipinski definition) is 6. The molecule has 6 heteroatoms. The number of phenols is 1. The molecule has 0 saturated carbocycles. The maximum Gasteiger partial charge on any atom is 0.322 e. The van der Waals surface area contributed by atoms with Crippen LogP contribution >= 0.6 is 0 Å². The molecule has 0 amide bonds. The second kappa shape index (κ2) is 6.43. The van der Waals surface area contributed by atoms with Gasteiger partial charge in [0.15, 0.2) is 17.4 Å². The van der Waals surface area contributed by atoms with E-state index in [-0.39, 0.29) is 18.1 Å². The van der Waals surface area contributed by atoms with Gasteiger partial charge < -0.3 is 14.6 Å². The van der Waals surface area contributed by atoms with Gasteiger partial charge >= 0.3 is 5.97 Å². The molecule has 0 saturated heterocycles. The Labute approximate surface area is 128 Å². The number of methoxy groups -OCH3 is 1. The third kappa shape index (κ3) is 2.86. The molecule has 116 valence electrons. The summed E-state index contributed by atoms with van der Waals surface area (Å²) in [6.07, 6.45) is 1.43. The number of allylic oxidation sites excluding steroid dienone is 1. The van der Waals surface area contributed by atoms with E-state index < -0.39 is 17.7 Å². The highest BCUT2D eigenvalue weighted by Gasteiger charge is 2.38. The van der Waals surface area contributed by atoms with Gasteiger partial charge in [0.05, 0.1) is 13.7 Å². The highest BCUT2D eigenvalue weighted by molar-refractivity contribution is 6.28. The van der Waals surface area contributed by atoms with E-state index in [1.165, 1.54) is 13.2 Å². The molecule has 1 heterocycles. The number of benzene rings is 1. The summed E-state index contributed by atoms with van der Waals surface area (Å²) in [5, 5.41) is 10.0. The summed E-state index contributed by atoms with van der Waals surface area (Å²) in [6.45, 7) is 3.48. The van der Waals surface area contributed by atoms with Crippen LogP contribution in [0.1, 0.15) is 19.4 Å². The second-order valence-electron chi connectivity index (χ2n) is 4.73.